The van der Waals surface area contributed by atoms with Crippen LogP contribution in [0, 0.1) is 17.6 Å². The number of hydrogen-bond donors (Lipinski definition) is 2. The van der Waals surface area contributed by atoms with Gasteiger partial charge in [0.15, 0.2) is 0 Å². The molecule has 0 radical (unpaired) electrons. The van der Waals surface area contributed by atoms with Crippen LogP contribution in [0.15, 0.2) is 12.1 Å². The lowest BCUT2D eigenvalue weighted by Crippen LogP contribution is -2.41. The number of anilines is 1. The van der Waals surface area contributed by atoms with Gasteiger partial charge >= 0.3 is 0 Å². The van der Waals surface area contributed by atoms with Crippen LogP contribution in [0.1, 0.15) is 23.2 Å². The van der Waals surface area contributed by atoms with Gasteiger partial charge in [-0.2, -0.15) is 0 Å². The molecule has 1 amide bonds. The highest BCUT2D eigenvalue weighted by Gasteiger charge is 2.25. The zero-order chi connectivity index (χ0) is 14.0. The Balaban J connectivity index is 2.19. The molecule has 1 unspecified atom stereocenters. The third-order valence-corrected chi connectivity index (χ3v) is 3.39. The number of carbonyl (C=O) groups excluding carboxylic acids is 1. The number of hydrogen-bond acceptors (Lipinski definition) is 3. The lowest BCUT2D eigenvalue weighted by molar-refractivity contribution is 0.0620. The summed E-state index contributed by atoms with van der Waals surface area (Å²) in [7, 11) is 0. The molecule has 1 heterocycles. The lowest BCUT2D eigenvalue weighted by Gasteiger charge is -2.32. The van der Waals surface area contributed by atoms with E-state index in [1.165, 1.54) is 4.90 Å². The fourth-order valence-electron chi connectivity index (χ4n) is 2.29. The van der Waals surface area contributed by atoms with Crippen LogP contribution in [0.2, 0.25) is 0 Å². The minimum absolute atomic E-state index is 0.00817. The Morgan fingerprint density at radius 1 is 1.42 bits per heavy atom. The molecule has 0 spiro atoms. The molecule has 0 aliphatic carbocycles. The zero-order valence-corrected chi connectivity index (χ0v) is 10.4. The van der Waals surface area contributed by atoms with Crippen molar-refractivity contribution in [1.29, 1.82) is 0 Å². The Labute approximate surface area is 109 Å². The van der Waals surface area contributed by atoms with Gasteiger partial charge in [0.25, 0.3) is 5.91 Å². The molecular formula is C13H16F2N2O2. The highest BCUT2D eigenvalue weighted by Crippen LogP contribution is 2.21. The monoisotopic (exact) mass is 270 g/mol. The first-order chi connectivity index (χ1) is 9.02. The lowest BCUT2D eigenvalue weighted by atomic mass is 9.98. The number of benzene rings is 1. The van der Waals surface area contributed by atoms with E-state index in [2.05, 4.69) is 0 Å². The minimum atomic E-state index is -0.931. The molecule has 19 heavy (non-hydrogen) atoms. The second-order valence-corrected chi connectivity index (χ2v) is 4.80. The van der Waals surface area contributed by atoms with Crippen molar-refractivity contribution in [1.82, 2.24) is 4.90 Å². The number of piperidine rings is 1. The third-order valence-electron chi connectivity index (χ3n) is 3.39. The molecule has 104 valence electrons. The van der Waals surface area contributed by atoms with E-state index in [9.17, 15) is 13.6 Å². The van der Waals surface area contributed by atoms with Gasteiger partial charge in [-0.15, -0.1) is 0 Å². The molecule has 3 N–H and O–H groups in total. The molecule has 6 heteroatoms. The van der Waals surface area contributed by atoms with Crippen molar-refractivity contribution in [2.45, 2.75) is 12.8 Å². The largest absolute Gasteiger partial charge is 0.396 e. The Kier molecular flexibility index (Phi) is 3.99. The SMILES string of the molecule is Nc1c(F)cc(C(=O)N2CCCC(CO)C2)cc1F. The molecule has 1 aromatic rings. The van der Waals surface area contributed by atoms with Crippen LogP contribution in [-0.4, -0.2) is 35.6 Å². The average Bonchev–Trinajstić information content (AvgIpc) is 2.43. The maximum atomic E-state index is 13.3. The summed E-state index contributed by atoms with van der Waals surface area (Å²) in [5.74, 6) is -2.27. The Bertz CT molecular complexity index is 471. The summed E-state index contributed by atoms with van der Waals surface area (Å²) in [6, 6.07) is 1.90. The number of amides is 1. The topological polar surface area (TPSA) is 66.6 Å². The molecular weight excluding hydrogens is 254 g/mol. The number of nitrogens with two attached hydrogens (primary N) is 1. The Morgan fingerprint density at radius 3 is 2.63 bits per heavy atom. The van der Waals surface area contributed by atoms with Crippen molar-refractivity contribution in [2.24, 2.45) is 5.92 Å². The highest BCUT2D eigenvalue weighted by molar-refractivity contribution is 5.94. The van der Waals surface area contributed by atoms with Crippen LogP contribution in [-0.2, 0) is 0 Å². The van der Waals surface area contributed by atoms with E-state index < -0.39 is 23.2 Å². The van der Waals surface area contributed by atoms with Gasteiger partial charge in [0, 0.05) is 25.3 Å². The van der Waals surface area contributed by atoms with Crippen molar-refractivity contribution in [3.05, 3.63) is 29.3 Å². The van der Waals surface area contributed by atoms with Crippen molar-refractivity contribution in [3.8, 4) is 0 Å². The molecule has 2 rings (SSSR count). The molecule has 1 saturated heterocycles. The maximum Gasteiger partial charge on any atom is 0.254 e. The van der Waals surface area contributed by atoms with Gasteiger partial charge in [-0.05, 0) is 30.9 Å². The standard InChI is InChI=1S/C13H16F2N2O2/c14-10-4-9(5-11(15)12(10)16)13(19)17-3-1-2-8(6-17)7-18/h4-5,8,18H,1-3,6-7,16H2. The first-order valence-electron chi connectivity index (χ1n) is 6.17. The van der Waals surface area contributed by atoms with E-state index in [0.29, 0.717) is 13.1 Å². The molecule has 1 aromatic carbocycles. The van der Waals surface area contributed by atoms with Gasteiger partial charge in [-0.1, -0.05) is 0 Å². The van der Waals surface area contributed by atoms with Gasteiger partial charge in [0.05, 0.1) is 0 Å². The minimum Gasteiger partial charge on any atom is -0.396 e. The van der Waals surface area contributed by atoms with Gasteiger partial charge < -0.3 is 15.7 Å². The highest BCUT2D eigenvalue weighted by atomic mass is 19.1. The average molecular weight is 270 g/mol. The number of aliphatic hydroxyl groups excluding tert-OH is 1. The fourth-order valence-corrected chi connectivity index (χ4v) is 2.29. The number of aliphatic hydroxyl groups is 1. The van der Waals surface area contributed by atoms with Gasteiger partial charge in [-0.3, -0.25) is 4.79 Å². The Morgan fingerprint density at radius 2 is 2.05 bits per heavy atom. The summed E-state index contributed by atoms with van der Waals surface area (Å²) in [6.07, 6.45) is 1.63. The number of likely N-dealkylation sites (tertiary alicyclic amines) is 1. The second-order valence-electron chi connectivity index (χ2n) is 4.80. The zero-order valence-electron chi connectivity index (χ0n) is 10.4. The number of halogens is 2. The van der Waals surface area contributed by atoms with Gasteiger partial charge in [0.2, 0.25) is 0 Å². The molecule has 1 aliphatic rings. The molecule has 1 fully saturated rings. The van der Waals surface area contributed by atoms with Crippen LogP contribution in [0.25, 0.3) is 0 Å². The normalized spacial score (nSPS) is 19.5. The fraction of sp³-hybridized carbons (Fsp3) is 0.462. The van der Waals surface area contributed by atoms with E-state index in [0.717, 1.165) is 25.0 Å². The quantitative estimate of drug-likeness (QED) is 0.798. The van der Waals surface area contributed by atoms with Crippen molar-refractivity contribution in [3.63, 3.8) is 0 Å². The van der Waals surface area contributed by atoms with E-state index in [4.69, 9.17) is 10.8 Å². The third kappa shape index (κ3) is 2.84. The molecule has 0 saturated carbocycles. The first-order valence-corrected chi connectivity index (χ1v) is 6.17. The predicted molar refractivity (Wildman–Crippen MR) is 66.5 cm³/mol. The molecule has 4 nitrogen and oxygen atoms in total. The van der Waals surface area contributed by atoms with Crippen molar-refractivity contribution >= 4 is 11.6 Å². The molecule has 1 atom stereocenters. The predicted octanol–water partition coefficient (Wildman–Crippen LogP) is 1.39. The van der Waals surface area contributed by atoms with E-state index in [1.54, 1.807) is 0 Å². The molecule has 0 aromatic heterocycles. The van der Waals surface area contributed by atoms with Crippen LogP contribution in [0.5, 0.6) is 0 Å². The summed E-state index contributed by atoms with van der Waals surface area (Å²) in [6.45, 7) is 0.945. The smallest absolute Gasteiger partial charge is 0.254 e. The van der Waals surface area contributed by atoms with E-state index >= 15 is 0 Å². The second kappa shape index (κ2) is 5.52. The van der Waals surface area contributed by atoms with Crippen molar-refractivity contribution in [2.75, 3.05) is 25.4 Å². The van der Waals surface area contributed by atoms with E-state index in [-0.39, 0.29) is 18.1 Å². The van der Waals surface area contributed by atoms with Crippen LogP contribution >= 0.6 is 0 Å². The van der Waals surface area contributed by atoms with Crippen LogP contribution < -0.4 is 5.73 Å². The number of nitrogen functional groups attached to an aromatic ring is 1. The number of carbonyl (C=O) groups is 1. The van der Waals surface area contributed by atoms with Crippen molar-refractivity contribution < 1.29 is 18.7 Å². The van der Waals surface area contributed by atoms with Crippen LogP contribution in [0.4, 0.5) is 14.5 Å². The number of rotatable bonds is 2. The number of nitrogens with zero attached hydrogens (tertiary/aromatic N) is 1. The molecule has 1 aliphatic heterocycles. The first kappa shape index (κ1) is 13.7. The van der Waals surface area contributed by atoms with Gasteiger partial charge in [0.1, 0.15) is 17.3 Å². The summed E-state index contributed by atoms with van der Waals surface area (Å²) in [4.78, 5) is 13.7. The van der Waals surface area contributed by atoms with Crippen LogP contribution in [0.3, 0.4) is 0 Å². The summed E-state index contributed by atoms with van der Waals surface area (Å²) >= 11 is 0. The summed E-state index contributed by atoms with van der Waals surface area (Å²) < 4.78 is 26.7. The van der Waals surface area contributed by atoms with Gasteiger partial charge in [-0.25, -0.2) is 8.78 Å². The van der Waals surface area contributed by atoms with E-state index in [1.807, 2.05) is 0 Å². The Hall–Kier alpha value is -1.69. The maximum absolute atomic E-state index is 13.3. The summed E-state index contributed by atoms with van der Waals surface area (Å²) in [5, 5.41) is 9.11. The summed E-state index contributed by atoms with van der Waals surface area (Å²) in [5.41, 5.74) is 4.53. The molecule has 0 bridgehead atoms.